The van der Waals surface area contributed by atoms with E-state index < -0.39 is 18.6 Å². The summed E-state index contributed by atoms with van der Waals surface area (Å²) in [5, 5.41) is 0. The second kappa shape index (κ2) is 5.32. The van der Waals surface area contributed by atoms with Crippen LogP contribution in [-0.4, -0.2) is 6.18 Å². The molecule has 0 fully saturated rings. The van der Waals surface area contributed by atoms with Gasteiger partial charge in [0.25, 0.3) is 0 Å². The molecule has 90 valence electrons. The molecule has 0 spiro atoms. The number of halogens is 3. The summed E-state index contributed by atoms with van der Waals surface area (Å²) in [6.45, 7) is 1.92. The van der Waals surface area contributed by atoms with E-state index in [2.05, 4.69) is 5.43 Å². The lowest BCUT2D eigenvalue weighted by atomic mass is 10.0. The molecule has 0 aliphatic heterocycles. The fourth-order valence-electron chi connectivity index (χ4n) is 1.45. The van der Waals surface area contributed by atoms with Crippen LogP contribution in [0.2, 0.25) is 0 Å². The number of hydrogen-bond donors (Lipinski definition) is 2. The van der Waals surface area contributed by atoms with Crippen LogP contribution in [0, 0.1) is 6.92 Å². The number of aryl methyl sites for hydroxylation is 1. The summed E-state index contributed by atoms with van der Waals surface area (Å²) in [7, 11) is 0. The third-order valence-electron chi connectivity index (χ3n) is 2.40. The van der Waals surface area contributed by atoms with Crippen molar-refractivity contribution >= 4 is 0 Å². The summed E-state index contributed by atoms with van der Waals surface area (Å²) in [5.74, 6) is 5.25. The third kappa shape index (κ3) is 4.20. The number of rotatable bonds is 4. The molecule has 0 radical (unpaired) electrons. The van der Waals surface area contributed by atoms with Crippen LogP contribution in [-0.2, 0) is 0 Å². The van der Waals surface area contributed by atoms with Crippen LogP contribution in [0.15, 0.2) is 24.3 Å². The Labute approximate surface area is 92.6 Å². The number of benzene rings is 1. The van der Waals surface area contributed by atoms with Gasteiger partial charge in [-0.1, -0.05) is 29.8 Å². The van der Waals surface area contributed by atoms with Crippen molar-refractivity contribution in [3.8, 4) is 0 Å². The SMILES string of the molecule is Cc1ccc(C(CCC(F)(F)F)NN)cc1. The van der Waals surface area contributed by atoms with Crippen LogP contribution >= 0.6 is 0 Å². The second-order valence-corrected chi connectivity index (χ2v) is 3.78. The van der Waals surface area contributed by atoms with E-state index in [4.69, 9.17) is 5.84 Å². The van der Waals surface area contributed by atoms with Crippen LogP contribution in [0.25, 0.3) is 0 Å². The van der Waals surface area contributed by atoms with Crippen LogP contribution in [0.1, 0.15) is 30.0 Å². The first kappa shape index (κ1) is 13.0. The van der Waals surface area contributed by atoms with Crippen molar-refractivity contribution in [1.29, 1.82) is 0 Å². The molecular formula is C11H15F3N2. The first-order valence-electron chi connectivity index (χ1n) is 5.02. The maximum Gasteiger partial charge on any atom is 0.389 e. The predicted octanol–water partition coefficient (Wildman–Crippen LogP) is 2.84. The molecule has 5 heteroatoms. The Balaban J connectivity index is 2.64. The standard InChI is InChI=1S/C11H15F3N2/c1-8-2-4-9(5-3-8)10(16-15)6-7-11(12,13)14/h2-5,10,16H,6-7,15H2,1H3. The largest absolute Gasteiger partial charge is 0.389 e. The van der Waals surface area contributed by atoms with Gasteiger partial charge in [0.05, 0.1) is 0 Å². The topological polar surface area (TPSA) is 38.0 Å². The van der Waals surface area contributed by atoms with Gasteiger partial charge in [-0.25, -0.2) is 0 Å². The van der Waals surface area contributed by atoms with Gasteiger partial charge in [-0.2, -0.15) is 13.2 Å². The minimum absolute atomic E-state index is 0.0525. The Morgan fingerprint density at radius 1 is 1.25 bits per heavy atom. The molecule has 0 saturated carbocycles. The Hall–Kier alpha value is -1.07. The molecular weight excluding hydrogens is 217 g/mol. The van der Waals surface area contributed by atoms with Gasteiger partial charge in [-0.3, -0.25) is 11.3 Å². The molecule has 16 heavy (non-hydrogen) atoms. The number of nitrogens with one attached hydrogen (secondary N) is 1. The minimum atomic E-state index is -4.14. The van der Waals surface area contributed by atoms with E-state index in [1.807, 2.05) is 19.1 Å². The summed E-state index contributed by atoms with van der Waals surface area (Å²) in [5.41, 5.74) is 4.25. The van der Waals surface area contributed by atoms with Gasteiger partial charge in [0.2, 0.25) is 0 Å². The quantitative estimate of drug-likeness (QED) is 0.618. The molecule has 0 aliphatic rings. The number of hydrogen-bond acceptors (Lipinski definition) is 2. The van der Waals surface area contributed by atoms with E-state index in [1.54, 1.807) is 12.1 Å². The van der Waals surface area contributed by atoms with Crippen LogP contribution in [0.5, 0.6) is 0 Å². The maximum absolute atomic E-state index is 12.1. The molecule has 0 aliphatic carbocycles. The first-order valence-corrected chi connectivity index (χ1v) is 5.02. The van der Waals surface area contributed by atoms with Crippen LogP contribution in [0.3, 0.4) is 0 Å². The van der Waals surface area contributed by atoms with Crippen LogP contribution < -0.4 is 11.3 Å². The van der Waals surface area contributed by atoms with Gasteiger partial charge in [0.1, 0.15) is 0 Å². The highest BCUT2D eigenvalue weighted by Crippen LogP contribution is 2.27. The smallest absolute Gasteiger partial charge is 0.271 e. The average Bonchev–Trinajstić information content (AvgIpc) is 2.20. The van der Waals surface area contributed by atoms with Crippen molar-refractivity contribution in [2.24, 2.45) is 5.84 Å². The molecule has 0 bridgehead atoms. The Kier molecular flexibility index (Phi) is 4.32. The van der Waals surface area contributed by atoms with Gasteiger partial charge >= 0.3 is 6.18 Å². The molecule has 3 N–H and O–H groups in total. The maximum atomic E-state index is 12.1. The van der Waals surface area contributed by atoms with E-state index >= 15 is 0 Å². The van der Waals surface area contributed by atoms with Gasteiger partial charge in [0.15, 0.2) is 0 Å². The Morgan fingerprint density at radius 2 is 1.81 bits per heavy atom. The fraction of sp³-hybridized carbons (Fsp3) is 0.455. The monoisotopic (exact) mass is 232 g/mol. The second-order valence-electron chi connectivity index (χ2n) is 3.78. The van der Waals surface area contributed by atoms with Crippen molar-refractivity contribution < 1.29 is 13.2 Å². The molecule has 0 heterocycles. The number of hydrazine groups is 1. The zero-order valence-corrected chi connectivity index (χ0v) is 9.01. The summed E-state index contributed by atoms with van der Waals surface area (Å²) in [6, 6.07) is 6.83. The van der Waals surface area contributed by atoms with Crippen molar-refractivity contribution in [3.63, 3.8) is 0 Å². The summed E-state index contributed by atoms with van der Waals surface area (Å²) < 4.78 is 36.2. The van der Waals surface area contributed by atoms with Gasteiger partial charge in [0, 0.05) is 12.5 Å². The molecule has 1 aromatic carbocycles. The lowest BCUT2D eigenvalue weighted by Gasteiger charge is -2.17. The Morgan fingerprint density at radius 3 is 2.25 bits per heavy atom. The normalized spacial score (nSPS) is 13.8. The molecule has 0 saturated heterocycles. The van der Waals surface area contributed by atoms with E-state index in [-0.39, 0.29) is 6.42 Å². The van der Waals surface area contributed by atoms with Gasteiger partial charge < -0.3 is 0 Å². The highest BCUT2D eigenvalue weighted by molar-refractivity contribution is 5.23. The zero-order valence-electron chi connectivity index (χ0n) is 9.01. The molecule has 1 unspecified atom stereocenters. The third-order valence-corrected chi connectivity index (χ3v) is 2.40. The van der Waals surface area contributed by atoms with Crippen molar-refractivity contribution in [1.82, 2.24) is 5.43 Å². The summed E-state index contributed by atoms with van der Waals surface area (Å²) >= 11 is 0. The van der Waals surface area contributed by atoms with Crippen LogP contribution in [0.4, 0.5) is 13.2 Å². The molecule has 2 nitrogen and oxygen atoms in total. The van der Waals surface area contributed by atoms with E-state index in [0.29, 0.717) is 0 Å². The van der Waals surface area contributed by atoms with E-state index in [9.17, 15) is 13.2 Å². The number of nitrogens with two attached hydrogens (primary N) is 1. The molecule has 0 aromatic heterocycles. The summed E-state index contributed by atoms with van der Waals surface area (Å²) in [6.07, 6.45) is -5.03. The van der Waals surface area contributed by atoms with E-state index in [1.165, 1.54) is 0 Å². The van der Waals surface area contributed by atoms with Gasteiger partial charge in [-0.05, 0) is 18.9 Å². The zero-order chi connectivity index (χ0) is 12.2. The van der Waals surface area contributed by atoms with Gasteiger partial charge in [-0.15, -0.1) is 0 Å². The molecule has 1 atom stereocenters. The van der Waals surface area contributed by atoms with Crippen molar-refractivity contribution in [3.05, 3.63) is 35.4 Å². The average molecular weight is 232 g/mol. The first-order chi connectivity index (χ1) is 7.42. The molecule has 0 amide bonds. The van der Waals surface area contributed by atoms with E-state index in [0.717, 1.165) is 11.1 Å². The number of alkyl halides is 3. The lowest BCUT2D eigenvalue weighted by molar-refractivity contribution is -0.136. The fourth-order valence-corrected chi connectivity index (χ4v) is 1.45. The lowest BCUT2D eigenvalue weighted by Crippen LogP contribution is -2.29. The highest BCUT2D eigenvalue weighted by atomic mass is 19.4. The molecule has 1 rings (SSSR count). The Bertz CT molecular complexity index is 319. The van der Waals surface area contributed by atoms with Crippen molar-refractivity contribution in [2.75, 3.05) is 0 Å². The summed E-state index contributed by atoms with van der Waals surface area (Å²) in [4.78, 5) is 0. The highest BCUT2D eigenvalue weighted by Gasteiger charge is 2.28. The van der Waals surface area contributed by atoms with Crippen molar-refractivity contribution in [2.45, 2.75) is 32.0 Å². The minimum Gasteiger partial charge on any atom is -0.271 e. The predicted molar refractivity (Wildman–Crippen MR) is 56.5 cm³/mol. The molecule has 1 aromatic rings.